The van der Waals surface area contributed by atoms with Crippen molar-refractivity contribution in [3.05, 3.63) is 0 Å². The molecular formula is C29H53N5O8. The number of hydrogen-bond donors (Lipinski definition) is 7. The molecule has 0 aromatic heterocycles. The number of aliphatic hydroxyl groups excluding tert-OH is 2. The Morgan fingerprint density at radius 3 is 1.79 bits per heavy atom. The molecule has 0 aliphatic heterocycles. The third kappa shape index (κ3) is 19.1. The minimum atomic E-state index is -1.76. The first-order chi connectivity index (χ1) is 19.8. The van der Waals surface area contributed by atoms with Gasteiger partial charge in [0.05, 0.1) is 37.5 Å². The van der Waals surface area contributed by atoms with E-state index in [0.29, 0.717) is 12.7 Å². The first-order valence-electron chi connectivity index (χ1n) is 15.1. The molecule has 5 amide bonds. The van der Waals surface area contributed by atoms with Gasteiger partial charge >= 0.3 is 0 Å². The second-order valence-electron chi connectivity index (χ2n) is 11.4. The number of amides is 5. The van der Waals surface area contributed by atoms with Gasteiger partial charge in [0.15, 0.2) is 0 Å². The highest BCUT2D eigenvalue weighted by Crippen LogP contribution is 2.13. The molecule has 9 N–H and O–H groups in total. The van der Waals surface area contributed by atoms with Crippen molar-refractivity contribution in [2.24, 2.45) is 17.4 Å². The Labute approximate surface area is 249 Å². The molecule has 0 heterocycles. The van der Waals surface area contributed by atoms with Gasteiger partial charge in [-0.25, -0.2) is 0 Å². The van der Waals surface area contributed by atoms with E-state index in [4.69, 9.17) is 11.5 Å². The van der Waals surface area contributed by atoms with Gasteiger partial charge < -0.3 is 42.4 Å². The summed E-state index contributed by atoms with van der Waals surface area (Å²) in [6.07, 6.45) is 6.80. The van der Waals surface area contributed by atoms with Crippen LogP contribution in [0.15, 0.2) is 0 Å². The van der Waals surface area contributed by atoms with Crippen LogP contribution in [0.3, 0.4) is 0 Å². The van der Waals surface area contributed by atoms with E-state index in [-0.39, 0.29) is 18.8 Å². The van der Waals surface area contributed by atoms with Gasteiger partial charge in [-0.2, -0.15) is 0 Å². The second kappa shape index (κ2) is 22.5. The van der Waals surface area contributed by atoms with Gasteiger partial charge in [0.25, 0.3) is 0 Å². The topological polar surface area (TPSA) is 231 Å². The number of carbonyl (C=O) groups is 6. The van der Waals surface area contributed by atoms with Crippen LogP contribution in [-0.2, 0) is 28.8 Å². The van der Waals surface area contributed by atoms with Crippen LogP contribution in [0.2, 0.25) is 0 Å². The molecule has 0 aliphatic rings. The molecule has 0 saturated carbocycles. The van der Waals surface area contributed by atoms with E-state index in [1.165, 1.54) is 32.1 Å². The largest absolute Gasteiger partial charge is 0.393 e. The molecule has 0 rings (SSSR count). The Kier molecular flexibility index (Phi) is 20.9. The Morgan fingerprint density at radius 2 is 1.29 bits per heavy atom. The smallest absolute Gasteiger partial charge is 0.245 e. The summed E-state index contributed by atoms with van der Waals surface area (Å²) in [6.45, 7) is 5.83. The lowest BCUT2D eigenvalue weighted by Gasteiger charge is -2.27. The van der Waals surface area contributed by atoms with Crippen LogP contribution in [0.25, 0.3) is 0 Å². The molecule has 0 radical (unpaired) electrons. The molecule has 5 atom stereocenters. The molecule has 242 valence electrons. The lowest BCUT2D eigenvalue weighted by molar-refractivity contribution is -0.136. The molecule has 0 aliphatic carbocycles. The van der Waals surface area contributed by atoms with Gasteiger partial charge in [0, 0.05) is 0 Å². The highest BCUT2D eigenvalue weighted by atomic mass is 16.3. The molecule has 2 unspecified atom stereocenters. The van der Waals surface area contributed by atoms with Crippen molar-refractivity contribution in [1.29, 1.82) is 0 Å². The van der Waals surface area contributed by atoms with Gasteiger partial charge in [-0.15, -0.1) is 0 Å². The van der Waals surface area contributed by atoms with E-state index in [0.717, 1.165) is 25.7 Å². The van der Waals surface area contributed by atoms with Crippen molar-refractivity contribution in [3.63, 3.8) is 0 Å². The summed E-state index contributed by atoms with van der Waals surface area (Å²) < 4.78 is 0. The van der Waals surface area contributed by atoms with Gasteiger partial charge in [-0.1, -0.05) is 78.6 Å². The van der Waals surface area contributed by atoms with Crippen LogP contribution >= 0.6 is 0 Å². The maximum atomic E-state index is 13.0. The highest BCUT2D eigenvalue weighted by Gasteiger charge is 2.34. The third-order valence-electron chi connectivity index (χ3n) is 6.71. The zero-order valence-corrected chi connectivity index (χ0v) is 25.4. The monoisotopic (exact) mass is 599 g/mol. The maximum Gasteiger partial charge on any atom is 0.245 e. The van der Waals surface area contributed by atoms with Crippen molar-refractivity contribution in [1.82, 2.24) is 16.0 Å². The normalized spacial score (nSPS) is 14.7. The number of primary amides is 2. The van der Waals surface area contributed by atoms with Gasteiger partial charge in [-0.3, -0.25) is 24.0 Å². The Hall–Kier alpha value is -3.06. The number of hydrogen-bond acceptors (Lipinski definition) is 8. The number of unbranched alkanes of at least 4 members (excludes halogenated alkanes) is 8. The first-order valence-corrected chi connectivity index (χ1v) is 15.1. The lowest BCUT2D eigenvalue weighted by Crippen LogP contribution is -2.60. The Morgan fingerprint density at radius 1 is 0.738 bits per heavy atom. The number of aldehydes is 1. The van der Waals surface area contributed by atoms with Crippen LogP contribution in [-0.4, -0.2) is 76.4 Å². The molecular weight excluding hydrogens is 546 g/mol. The highest BCUT2D eigenvalue weighted by molar-refractivity contribution is 5.95. The van der Waals surface area contributed by atoms with E-state index in [2.05, 4.69) is 22.9 Å². The van der Waals surface area contributed by atoms with E-state index >= 15 is 0 Å². The fourth-order valence-corrected chi connectivity index (χ4v) is 4.51. The number of aliphatic hydroxyl groups is 2. The molecule has 13 heteroatoms. The minimum absolute atomic E-state index is 0.0370. The second-order valence-corrected chi connectivity index (χ2v) is 11.4. The molecule has 0 fully saturated rings. The maximum absolute atomic E-state index is 13.0. The molecule has 0 spiro atoms. The van der Waals surface area contributed by atoms with Crippen LogP contribution in [0.5, 0.6) is 0 Å². The summed E-state index contributed by atoms with van der Waals surface area (Å²) in [5, 5.41) is 27.7. The van der Waals surface area contributed by atoms with Crippen LogP contribution in [0, 0.1) is 5.92 Å². The minimum Gasteiger partial charge on any atom is -0.393 e. The van der Waals surface area contributed by atoms with E-state index < -0.39 is 72.7 Å². The zero-order chi connectivity index (χ0) is 32.1. The summed E-state index contributed by atoms with van der Waals surface area (Å²) in [5.74, 6) is -4.55. The van der Waals surface area contributed by atoms with Crippen molar-refractivity contribution >= 4 is 35.8 Å². The van der Waals surface area contributed by atoms with E-state index in [1.807, 2.05) is 13.8 Å². The molecule has 0 saturated heterocycles. The molecule has 0 aromatic carbocycles. The number of carbonyl (C=O) groups excluding carboxylic acids is 6. The zero-order valence-electron chi connectivity index (χ0n) is 25.4. The molecule has 42 heavy (non-hydrogen) atoms. The average Bonchev–Trinajstić information content (AvgIpc) is 2.88. The quantitative estimate of drug-likeness (QED) is 0.0574. The van der Waals surface area contributed by atoms with E-state index in [9.17, 15) is 39.0 Å². The van der Waals surface area contributed by atoms with Crippen molar-refractivity contribution in [3.8, 4) is 0 Å². The Balaban J connectivity index is 5.14. The lowest BCUT2D eigenvalue weighted by atomic mass is 10.0. The predicted octanol–water partition coefficient (Wildman–Crippen LogP) is 0.469. The van der Waals surface area contributed by atoms with Gasteiger partial charge in [0.2, 0.25) is 29.5 Å². The molecule has 13 nitrogen and oxygen atoms in total. The van der Waals surface area contributed by atoms with E-state index in [1.54, 1.807) is 0 Å². The summed E-state index contributed by atoms with van der Waals surface area (Å²) >= 11 is 0. The number of nitrogens with one attached hydrogen (secondary N) is 3. The molecule has 0 bridgehead atoms. The summed E-state index contributed by atoms with van der Waals surface area (Å²) in [7, 11) is 0. The number of nitrogens with two attached hydrogens (primary N) is 2. The van der Waals surface area contributed by atoms with Crippen LogP contribution < -0.4 is 27.4 Å². The fraction of sp³-hybridized carbons (Fsp3) is 0.793. The summed E-state index contributed by atoms with van der Waals surface area (Å²) in [5.41, 5.74) is 10.4. The van der Waals surface area contributed by atoms with Crippen LogP contribution in [0.1, 0.15) is 111 Å². The fourth-order valence-electron chi connectivity index (χ4n) is 4.51. The third-order valence-corrected chi connectivity index (χ3v) is 6.71. The van der Waals surface area contributed by atoms with Gasteiger partial charge in [-0.05, 0) is 18.8 Å². The van der Waals surface area contributed by atoms with Crippen molar-refractivity contribution < 1.29 is 39.0 Å². The SMILES string of the molecule is CCCCCCCCCCC[C@@H](O)CC(=O)N[C@@H](CC(N)=O)C(=O)NC(C(=O)NC(C=O)CC(C)C)[C@H](O)CC(N)=O. The van der Waals surface area contributed by atoms with Crippen molar-refractivity contribution in [2.75, 3.05) is 0 Å². The summed E-state index contributed by atoms with van der Waals surface area (Å²) in [4.78, 5) is 72.9. The molecule has 0 aromatic rings. The van der Waals surface area contributed by atoms with Crippen LogP contribution in [0.4, 0.5) is 0 Å². The Bertz CT molecular complexity index is 854. The predicted molar refractivity (Wildman–Crippen MR) is 157 cm³/mol. The first kappa shape index (κ1) is 38.9. The summed E-state index contributed by atoms with van der Waals surface area (Å²) in [6, 6.07) is -4.18. The number of rotatable bonds is 25. The van der Waals surface area contributed by atoms with Crippen molar-refractivity contribution in [2.45, 2.75) is 141 Å². The average molecular weight is 600 g/mol. The standard InChI is InChI=1S/C29H53N5O8/c1-4-5-6-7-8-9-10-11-12-13-21(36)15-26(40)33-22(16-24(30)38)28(41)34-27(23(37)17-25(31)39)29(42)32-20(18-35)14-19(2)3/h18-23,27,36-37H,4-17H2,1-3H3,(H2,30,38)(H2,31,39)(H,32,42)(H,33,40)(H,34,41)/t20?,21-,22+,23-,27?/m1/s1. The van der Waals surface area contributed by atoms with Gasteiger partial charge in [0.1, 0.15) is 18.4 Å².